The highest BCUT2D eigenvalue weighted by atomic mass is 32.2. The minimum Gasteiger partial charge on any atom is -0.472 e. The molecule has 1 aliphatic rings. The molecule has 1 aromatic heterocycles. The first-order chi connectivity index (χ1) is 7.61. The van der Waals surface area contributed by atoms with Gasteiger partial charge in [-0.3, -0.25) is 9.69 Å². The summed E-state index contributed by atoms with van der Waals surface area (Å²) in [5.74, 6) is 1.24. The standard InChI is InChI=1S/C11H13NO2S2/c1-7(2)9-6-16-11(15)12(9)10(13)8-3-4-14-5-8/h3-5,7,9H,6H2,1-2H3/t9-/m1/s1. The second-order valence-electron chi connectivity index (χ2n) is 4.08. The first-order valence-electron chi connectivity index (χ1n) is 5.13. The zero-order chi connectivity index (χ0) is 11.7. The molecule has 86 valence electrons. The molecule has 0 N–H and O–H groups in total. The normalized spacial score (nSPS) is 20.8. The quantitative estimate of drug-likeness (QED) is 0.761. The van der Waals surface area contributed by atoms with Crippen molar-refractivity contribution in [1.82, 2.24) is 4.90 Å². The summed E-state index contributed by atoms with van der Waals surface area (Å²) in [4.78, 5) is 13.9. The van der Waals surface area contributed by atoms with Crippen LogP contribution in [0.25, 0.3) is 0 Å². The van der Waals surface area contributed by atoms with Crippen molar-refractivity contribution in [2.45, 2.75) is 19.9 Å². The number of hydrogen-bond donors (Lipinski definition) is 0. The van der Waals surface area contributed by atoms with Crippen LogP contribution in [0.5, 0.6) is 0 Å². The van der Waals surface area contributed by atoms with Crippen molar-refractivity contribution in [3.63, 3.8) is 0 Å². The van der Waals surface area contributed by atoms with E-state index in [1.165, 1.54) is 12.5 Å². The summed E-state index contributed by atoms with van der Waals surface area (Å²) in [6.07, 6.45) is 2.97. The van der Waals surface area contributed by atoms with Crippen molar-refractivity contribution in [2.24, 2.45) is 5.92 Å². The maximum Gasteiger partial charge on any atom is 0.262 e. The van der Waals surface area contributed by atoms with Crippen LogP contribution in [0.15, 0.2) is 23.0 Å². The van der Waals surface area contributed by atoms with Gasteiger partial charge in [-0.15, -0.1) is 0 Å². The molecule has 5 heteroatoms. The minimum atomic E-state index is -0.0533. The lowest BCUT2D eigenvalue weighted by atomic mass is 10.0. The molecular weight excluding hydrogens is 242 g/mol. The van der Waals surface area contributed by atoms with E-state index in [-0.39, 0.29) is 11.9 Å². The van der Waals surface area contributed by atoms with Gasteiger partial charge in [-0.1, -0.05) is 37.8 Å². The Hall–Kier alpha value is -0.810. The Morgan fingerprint density at radius 3 is 3.00 bits per heavy atom. The number of rotatable bonds is 2. The van der Waals surface area contributed by atoms with Crippen LogP contribution in [0.2, 0.25) is 0 Å². The largest absolute Gasteiger partial charge is 0.472 e. The molecule has 1 amide bonds. The third-order valence-electron chi connectivity index (χ3n) is 2.66. The third-order valence-corrected chi connectivity index (χ3v) is 4.16. The smallest absolute Gasteiger partial charge is 0.262 e. The predicted octanol–water partition coefficient (Wildman–Crippen LogP) is 2.78. The van der Waals surface area contributed by atoms with Gasteiger partial charge >= 0.3 is 0 Å². The maximum atomic E-state index is 12.2. The molecule has 0 aromatic carbocycles. The first-order valence-corrected chi connectivity index (χ1v) is 6.53. The molecule has 0 bridgehead atoms. The van der Waals surface area contributed by atoms with E-state index in [0.717, 1.165) is 5.75 Å². The van der Waals surface area contributed by atoms with Gasteiger partial charge in [0, 0.05) is 5.75 Å². The van der Waals surface area contributed by atoms with Crippen LogP contribution in [-0.4, -0.2) is 26.9 Å². The lowest BCUT2D eigenvalue weighted by molar-refractivity contribution is 0.0800. The Balaban J connectivity index is 2.24. The van der Waals surface area contributed by atoms with E-state index in [0.29, 0.717) is 15.8 Å². The van der Waals surface area contributed by atoms with Crippen molar-refractivity contribution in [3.05, 3.63) is 24.2 Å². The average molecular weight is 255 g/mol. The van der Waals surface area contributed by atoms with E-state index < -0.39 is 0 Å². The summed E-state index contributed by atoms with van der Waals surface area (Å²) < 4.78 is 5.60. The molecule has 0 saturated carbocycles. The number of amides is 1. The zero-order valence-corrected chi connectivity index (χ0v) is 10.8. The number of thioether (sulfide) groups is 1. The van der Waals surface area contributed by atoms with E-state index in [1.807, 2.05) is 0 Å². The fraction of sp³-hybridized carbons (Fsp3) is 0.455. The van der Waals surface area contributed by atoms with Gasteiger partial charge in [-0.05, 0) is 12.0 Å². The van der Waals surface area contributed by atoms with Crippen molar-refractivity contribution < 1.29 is 9.21 Å². The number of nitrogens with zero attached hydrogens (tertiary/aromatic N) is 1. The highest BCUT2D eigenvalue weighted by Gasteiger charge is 2.36. The number of carbonyl (C=O) groups excluding carboxylic acids is 1. The van der Waals surface area contributed by atoms with Gasteiger partial charge in [-0.2, -0.15) is 0 Å². The first kappa shape index (κ1) is 11.7. The van der Waals surface area contributed by atoms with Crippen molar-refractivity contribution in [1.29, 1.82) is 0 Å². The van der Waals surface area contributed by atoms with Crippen molar-refractivity contribution >= 4 is 34.2 Å². The molecule has 0 radical (unpaired) electrons. The maximum absolute atomic E-state index is 12.2. The summed E-state index contributed by atoms with van der Waals surface area (Å²) >= 11 is 6.80. The van der Waals surface area contributed by atoms with Crippen LogP contribution in [0.4, 0.5) is 0 Å². The molecule has 0 aliphatic carbocycles. The summed E-state index contributed by atoms with van der Waals surface area (Å²) in [5, 5.41) is 0. The van der Waals surface area contributed by atoms with E-state index in [4.69, 9.17) is 16.6 Å². The van der Waals surface area contributed by atoms with E-state index in [2.05, 4.69) is 13.8 Å². The van der Waals surface area contributed by atoms with E-state index in [1.54, 1.807) is 22.7 Å². The van der Waals surface area contributed by atoms with E-state index >= 15 is 0 Å². The average Bonchev–Trinajstić information content (AvgIpc) is 2.84. The van der Waals surface area contributed by atoms with Crippen LogP contribution >= 0.6 is 24.0 Å². The molecule has 2 rings (SSSR count). The number of thiocarbonyl (C=S) groups is 1. The fourth-order valence-electron chi connectivity index (χ4n) is 1.69. The monoisotopic (exact) mass is 255 g/mol. The molecule has 16 heavy (non-hydrogen) atoms. The van der Waals surface area contributed by atoms with Crippen molar-refractivity contribution in [2.75, 3.05) is 5.75 Å². The van der Waals surface area contributed by atoms with Crippen LogP contribution in [-0.2, 0) is 0 Å². The Morgan fingerprint density at radius 2 is 2.44 bits per heavy atom. The van der Waals surface area contributed by atoms with Crippen LogP contribution < -0.4 is 0 Å². The fourth-order valence-corrected chi connectivity index (χ4v) is 3.31. The van der Waals surface area contributed by atoms with Crippen LogP contribution in [0.3, 0.4) is 0 Å². The summed E-state index contributed by atoms with van der Waals surface area (Å²) in [5.41, 5.74) is 0.565. The van der Waals surface area contributed by atoms with Gasteiger partial charge in [0.1, 0.15) is 10.6 Å². The molecule has 0 unspecified atom stereocenters. The zero-order valence-electron chi connectivity index (χ0n) is 9.17. The molecule has 1 saturated heterocycles. The topological polar surface area (TPSA) is 33.5 Å². The summed E-state index contributed by atoms with van der Waals surface area (Å²) in [6.45, 7) is 4.21. The third kappa shape index (κ3) is 2.01. The van der Waals surface area contributed by atoms with Gasteiger partial charge in [0.25, 0.3) is 5.91 Å². The number of furan rings is 1. The van der Waals surface area contributed by atoms with Gasteiger partial charge < -0.3 is 4.42 Å². The highest BCUT2D eigenvalue weighted by molar-refractivity contribution is 8.23. The number of hydrogen-bond acceptors (Lipinski definition) is 4. The molecule has 2 heterocycles. The minimum absolute atomic E-state index is 0.0533. The second kappa shape index (κ2) is 4.59. The van der Waals surface area contributed by atoms with Gasteiger partial charge in [-0.25, -0.2) is 0 Å². The highest BCUT2D eigenvalue weighted by Crippen LogP contribution is 2.30. The summed E-state index contributed by atoms with van der Waals surface area (Å²) in [6, 6.07) is 1.87. The van der Waals surface area contributed by atoms with Crippen LogP contribution in [0, 0.1) is 5.92 Å². The van der Waals surface area contributed by atoms with Crippen molar-refractivity contribution in [3.8, 4) is 0 Å². The van der Waals surface area contributed by atoms with E-state index in [9.17, 15) is 4.79 Å². The molecule has 0 spiro atoms. The predicted molar refractivity (Wildman–Crippen MR) is 68.6 cm³/mol. The molecular formula is C11H13NO2S2. The molecule has 1 fully saturated rings. The lowest BCUT2D eigenvalue weighted by Gasteiger charge is -2.25. The molecule has 3 nitrogen and oxygen atoms in total. The van der Waals surface area contributed by atoms with Gasteiger partial charge in [0.2, 0.25) is 0 Å². The molecule has 1 aromatic rings. The lowest BCUT2D eigenvalue weighted by Crippen LogP contribution is -2.41. The molecule has 1 atom stereocenters. The Labute approximate surface area is 104 Å². The number of carbonyl (C=O) groups is 1. The second-order valence-corrected chi connectivity index (χ2v) is 5.73. The van der Waals surface area contributed by atoms with Gasteiger partial charge in [0.15, 0.2) is 0 Å². The van der Waals surface area contributed by atoms with Crippen LogP contribution in [0.1, 0.15) is 24.2 Å². The van der Waals surface area contributed by atoms with Gasteiger partial charge in [0.05, 0.1) is 17.9 Å². The Bertz CT molecular complexity index is 400. The Kier molecular flexibility index (Phi) is 3.35. The SMILES string of the molecule is CC(C)[C@H]1CSC(=S)N1C(=O)c1ccoc1. The molecule has 1 aliphatic heterocycles. The summed E-state index contributed by atoms with van der Waals surface area (Å²) in [7, 11) is 0. The Morgan fingerprint density at radius 1 is 1.69 bits per heavy atom.